The molecule has 2 N–H and O–H groups in total. The van der Waals surface area contributed by atoms with Crippen LogP contribution < -0.4 is 29.4 Å². The number of benzene rings is 1. The maximum absolute atomic E-state index is 12.8. The summed E-state index contributed by atoms with van der Waals surface area (Å²) in [6.45, 7) is 0.390. The van der Waals surface area contributed by atoms with Gasteiger partial charge in [0.05, 0.1) is 5.56 Å². The van der Waals surface area contributed by atoms with Gasteiger partial charge < -0.3 is 29.4 Å². The molecule has 1 aromatic rings. The van der Waals surface area contributed by atoms with Crippen LogP contribution in [0.4, 0.5) is 65.9 Å². The van der Waals surface area contributed by atoms with E-state index in [-0.39, 0.29) is 0 Å². The van der Waals surface area contributed by atoms with Gasteiger partial charge in [-0.05, 0) is 6.92 Å². The summed E-state index contributed by atoms with van der Waals surface area (Å²) in [4.78, 5) is 0. The Morgan fingerprint density at radius 2 is 0.618 bits per heavy atom. The molecule has 0 saturated heterocycles. The van der Waals surface area contributed by atoms with Gasteiger partial charge in [0.15, 0.2) is 11.5 Å². The first-order valence-corrected chi connectivity index (χ1v) is 7.58. The monoisotopic (exact) mass is 541 g/mol. The van der Waals surface area contributed by atoms with Gasteiger partial charge in [-0.2, -0.15) is 0 Å². The molecular formula is C13H6F15NO5. The number of nitrogens with two attached hydrogens (primary N) is 1. The first kappa shape index (κ1) is 29.2. The molecule has 198 valence electrons. The molecule has 21 heteroatoms. The van der Waals surface area contributed by atoms with Crippen LogP contribution in [0.1, 0.15) is 18.5 Å². The Morgan fingerprint density at radius 3 is 0.794 bits per heavy atom. The van der Waals surface area contributed by atoms with Crippen LogP contribution in [-0.2, 0) is 0 Å². The molecule has 0 fully saturated rings. The number of hydrogen-bond acceptors (Lipinski definition) is 6. The molecule has 1 aromatic carbocycles. The summed E-state index contributed by atoms with van der Waals surface area (Å²) in [6, 6.07) is -2.44. The van der Waals surface area contributed by atoms with Crippen LogP contribution in [0, 0.1) is 0 Å². The molecule has 0 spiro atoms. The van der Waals surface area contributed by atoms with E-state index in [1.165, 1.54) is 0 Å². The van der Waals surface area contributed by atoms with Crippen LogP contribution >= 0.6 is 0 Å². The van der Waals surface area contributed by atoms with Crippen molar-refractivity contribution in [2.75, 3.05) is 0 Å². The Labute approximate surface area is 175 Å². The number of alkyl halides is 15. The summed E-state index contributed by atoms with van der Waals surface area (Å²) in [6.07, 6.45) is -31.2. The first-order chi connectivity index (χ1) is 14.8. The molecule has 0 heterocycles. The highest BCUT2D eigenvalue weighted by molar-refractivity contribution is 5.71. The number of rotatable bonds is 6. The van der Waals surface area contributed by atoms with Crippen LogP contribution in [0.5, 0.6) is 28.7 Å². The van der Waals surface area contributed by atoms with Crippen molar-refractivity contribution in [3.8, 4) is 28.7 Å². The third-order valence-electron chi connectivity index (χ3n) is 2.86. The zero-order chi connectivity index (χ0) is 27.1. The van der Waals surface area contributed by atoms with Gasteiger partial charge in [0.1, 0.15) is 0 Å². The molecule has 6 nitrogen and oxygen atoms in total. The summed E-state index contributed by atoms with van der Waals surface area (Å²) in [5, 5.41) is 0. The molecule has 34 heavy (non-hydrogen) atoms. The maximum atomic E-state index is 12.8. The third-order valence-corrected chi connectivity index (χ3v) is 2.86. The lowest BCUT2D eigenvalue weighted by Gasteiger charge is -2.28. The molecule has 1 atom stereocenters. The highest BCUT2D eigenvalue weighted by atomic mass is 19.4. The molecule has 0 saturated carbocycles. The summed E-state index contributed by atoms with van der Waals surface area (Å²) >= 11 is 0. The zero-order valence-electron chi connectivity index (χ0n) is 15.4. The Hall–Kier alpha value is -2.87. The first-order valence-electron chi connectivity index (χ1n) is 7.58. The largest absolute Gasteiger partial charge is 0.573 e. The van der Waals surface area contributed by atoms with E-state index >= 15 is 0 Å². The maximum Gasteiger partial charge on any atom is 0.573 e. The van der Waals surface area contributed by atoms with Crippen molar-refractivity contribution in [2.24, 2.45) is 5.73 Å². The lowest BCUT2D eigenvalue weighted by molar-refractivity contribution is -0.300. The molecule has 0 aliphatic heterocycles. The fourth-order valence-corrected chi connectivity index (χ4v) is 2.13. The average Bonchev–Trinajstić information content (AvgIpc) is 2.48. The normalized spacial score (nSPS) is 14.5. The second-order valence-corrected chi connectivity index (χ2v) is 5.59. The standard InChI is InChI=1S/C13H6F15NO5/c1-2(29)3-4(30-9(14,15)16)6(32-11(20,21)22)8(34-13(26,27)28)7(33-12(23,24)25)5(3)31-10(17,18)19/h2H,29H2,1H3. The molecule has 0 aliphatic carbocycles. The molecule has 0 aromatic heterocycles. The minimum atomic E-state index is -6.34. The van der Waals surface area contributed by atoms with Gasteiger partial charge in [0, 0.05) is 6.04 Å². The van der Waals surface area contributed by atoms with Gasteiger partial charge in [-0.3, -0.25) is 0 Å². The molecular weight excluding hydrogens is 535 g/mol. The SMILES string of the molecule is CC(N)c1c(OC(F)(F)F)c(OC(F)(F)F)c(OC(F)(F)F)c(OC(F)(F)F)c1OC(F)(F)F. The number of ether oxygens (including phenoxy) is 5. The Bertz CT molecular complexity index is 809. The van der Waals surface area contributed by atoms with Crippen molar-refractivity contribution in [1.29, 1.82) is 0 Å². The van der Waals surface area contributed by atoms with E-state index in [4.69, 9.17) is 5.73 Å². The van der Waals surface area contributed by atoms with E-state index in [0.29, 0.717) is 6.92 Å². The van der Waals surface area contributed by atoms with Crippen LogP contribution in [0.2, 0.25) is 0 Å². The van der Waals surface area contributed by atoms with Crippen molar-refractivity contribution in [1.82, 2.24) is 0 Å². The van der Waals surface area contributed by atoms with E-state index in [0.717, 1.165) is 0 Å². The molecule has 0 amide bonds. The van der Waals surface area contributed by atoms with E-state index < -0.39 is 72.2 Å². The van der Waals surface area contributed by atoms with E-state index in [1.807, 2.05) is 0 Å². The molecule has 0 bridgehead atoms. The fourth-order valence-electron chi connectivity index (χ4n) is 2.13. The van der Waals surface area contributed by atoms with Gasteiger partial charge in [0.2, 0.25) is 17.2 Å². The number of hydrogen-bond donors (Lipinski definition) is 1. The number of halogens is 15. The fraction of sp³-hybridized carbons (Fsp3) is 0.538. The van der Waals surface area contributed by atoms with Gasteiger partial charge in [-0.15, -0.1) is 65.9 Å². The highest BCUT2D eigenvalue weighted by Crippen LogP contribution is 2.59. The van der Waals surface area contributed by atoms with Gasteiger partial charge >= 0.3 is 31.8 Å². The second-order valence-electron chi connectivity index (χ2n) is 5.59. The summed E-state index contributed by atoms with van der Waals surface area (Å²) < 4.78 is 206. The van der Waals surface area contributed by atoms with Crippen LogP contribution in [0.15, 0.2) is 0 Å². The Kier molecular flexibility index (Phi) is 7.77. The lowest BCUT2D eigenvalue weighted by Crippen LogP contribution is -2.29. The summed E-state index contributed by atoms with van der Waals surface area (Å²) in [5.74, 6) is -14.5. The van der Waals surface area contributed by atoms with Gasteiger partial charge in [-0.1, -0.05) is 0 Å². The molecule has 0 radical (unpaired) electrons. The topological polar surface area (TPSA) is 72.2 Å². The van der Waals surface area contributed by atoms with Crippen LogP contribution in [0.25, 0.3) is 0 Å². The predicted molar refractivity (Wildman–Crippen MR) is 72.5 cm³/mol. The van der Waals surface area contributed by atoms with Crippen molar-refractivity contribution in [2.45, 2.75) is 44.8 Å². The predicted octanol–water partition coefficient (Wildman–Crippen LogP) is 6.20. The zero-order valence-corrected chi connectivity index (χ0v) is 15.4. The minimum absolute atomic E-state index is 0.390. The average molecular weight is 541 g/mol. The van der Waals surface area contributed by atoms with E-state index in [1.54, 1.807) is 0 Å². The Balaban J connectivity index is 4.37. The van der Waals surface area contributed by atoms with E-state index in [9.17, 15) is 65.9 Å². The van der Waals surface area contributed by atoms with Gasteiger partial charge in [0.25, 0.3) is 0 Å². The highest BCUT2D eigenvalue weighted by Gasteiger charge is 2.49. The van der Waals surface area contributed by atoms with Crippen LogP contribution in [0.3, 0.4) is 0 Å². The molecule has 1 unspecified atom stereocenters. The van der Waals surface area contributed by atoms with Crippen molar-refractivity contribution in [3.05, 3.63) is 5.56 Å². The summed E-state index contributed by atoms with van der Waals surface area (Å²) in [7, 11) is 0. The second kappa shape index (κ2) is 9.06. The smallest absolute Gasteiger partial charge is 0.401 e. The molecule has 0 aliphatic rings. The quantitative estimate of drug-likeness (QED) is 0.433. The van der Waals surface area contributed by atoms with Crippen molar-refractivity contribution in [3.63, 3.8) is 0 Å². The van der Waals surface area contributed by atoms with Gasteiger partial charge in [-0.25, -0.2) is 0 Å². The van der Waals surface area contributed by atoms with E-state index in [2.05, 4.69) is 23.7 Å². The Morgan fingerprint density at radius 1 is 0.441 bits per heavy atom. The van der Waals surface area contributed by atoms with Crippen molar-refractivity contribution >= 4 is 0 Å². The third kappa shape index (κ3) is 9.17. The minimum Gasteiger partial charge on any atom is -0.401 e. The molecule has 1 rings (SSSR count). The van der Waals surface area contributed by atoms with Crippen molar-refractivity contribution < 1.29 is 89.5 Å². The lowest BCUT2D eigenvalue weighted by atomic mass is 10.0. The summed E-state index contributed by atoms with van der Waals surface area (Å²) in [5.41, 5.74) is 2.94. The van der Waals surface area contributed by atoms with Crippen LogP contribution in [-0.4, -0.2) is 31.8 Å².